The fourth-order valence-electron chi connectivity index (χ4n) is 9.28. The van der Waals surface area contributed by atoms with Crippen molar-refractivity contribution in [2.45, 2.75) is 102 Å². The van der Waals surface area contributed by atoms with E-state index in [4.69, 9.17) is 9.47 Å². The summed E-state index contributed by atoms with van der Waals surface area (Å²) in [6, 6.07) is 17.4. The Balaban J connectivity index is 0.938. The van der Waals surface area contributed by atoms with E-state index in [0.29, 0.717) is 23.9 Å². The van der Waals surface area contributed by atoms with Crippen LogP contribution < -0.4 is 20.4 Å². The van der Waals surface area contributed by atoms with Crippen LogP contribution in [0.5, 0.6) is 0 Å². The number of hydrogen-bond acceptors (Lipinski definition) is 6. The van der Waals surface area contributed by atoms with Crippen LogP contribution in [0.4, 0.5) is 32.3 Å². The predicted octanol–water partition coefficient (Wildman–Crippen LogP) is 8.20. The van der Waals surface area contributed by atoms with E-state index >= 15 is 0 Å². The third-order valence-corrected chi connectivity index (χ3v) is 12.4. The Labute approximate surface area is 311 Å². The smallest absolute Gasteiger partial charge is 0.322 e. The van der Waals surface area contributed by atoms with Crippen LogP contribution >= 0.6 is 0 Å². The highest BCUT2D eigenvalue weighted by Crippen LogP contribution is 2.34. The molecule has 52 heavy (non-hydrogen) atoms. The lowest BCUT2D eigenvalue weighted by atomic mass is 9.80. The van der Waals surface area contributed by atoms with Crippen LogP contribution in [0.3, 0.4) is 0 Å². The van der Waals surface area contributed by atoms with Gasteiger partial charge < -0.3 is 39.7 Å². The van der Waals surface area contributed by atoms with E-state index in [-0.39, 0.29) is 12.1 Å². The van der Waals surface area contributed by atoms with E-state index in [1.807, 2.05) is 24.3 Å². The van der Waals surface area contributed by atoms with Crippen LogP contribution in [0, 0.1) is 11.8 Å². The second-order valence-corrected chi connectivity index (χ2v) is 15.9. The Kier molecular flexibility index (Phi) is 13.1. The largest absolute Gasteiger partial charge is 0.378 e. The zero-order valence-corrected chi connectivity index (χ0v) is 31.3. The van der Waals surface area contributed by atoms with Crippen LogP contribution in [-0.2, 0) is 9.47 Å². The van der Waals surface area contributed by atoms with Crippen LogP contribution in [0.25, 0.3) is 0 Å². The van der Waals surface area contributed by atoms with Gasteiger partial charge in [-0.05, 0) is 112 Å². The Hall–Kier alpha value is -3.50. The number of carbonyl (C=O) groups excluding carboxylic acids is 2. The average Bonchev–Trinajstić information content (AvgIpc) is 3.21. The van der Waals surface area contributed by atoms with Gasteiger partial charge in [-0.2, -0.15) is 0 Å². The molecule has 0 atom stereocenters. The Morgan fingerprint density at radius 2 is 0.865 bits per heavy atom. The molecule has 7 rings (SSSR count). The number of nitrogens with one attached hydrogen (secondary N) is 2. The molecule has 2 aromatic rings. The van der Waals surface area contributed by atoms with Gasteiger partial charge in [0.05, 0.1) is 26.4 Å². The summed E-state index contributed by atoms with van der Waals surface area (Å²) in [6.45, 7) is 8.29. The van der Waals surface area contributed by atoms with Gasteiger partial charge >= 0.3 is 12.1 Å². The minimum absolute atomic E-state index is 0.0475. The maximum Gasteiger partial charge on any atom is 0.322 e. The molecule has 5 aliphatic rings. The van der Waals surface area contributed by atoms with Gasteiger partial charge in [-0.3, -0.25) is 0 Å². The molecular formula is C42H62N6O4. The Morgan fingerprint density at radius 3 is 1.21 bits per heavy atom. The summed E-state index contributed by atoms with van der Waals surface area (Å²) in [5.74, 6) is 0.990. The van der Waals surface area contributed by atoms with Gasteiger partial charge in [0.25, 0.3) is 0 Å². The zero-order chi connectivity index (χ0) is 35.5. The molecule has 0 aromatic heterocycles. The minimum atomic E-state index is 0.0475. The third-order valence-electron chi connectivity index (χ3n) is 12.4. The van der Waals surface area contributed by atoms with E-state index in [9.17, 15) is 9.59 Å². The van der Waals surface area contributed by atoms with Gasteiger partial charge in [0.15, 0.2) is 0 Å². The first-order chi connectivity index (χ1) is 25.6. The number of ether oxygens (including phenoxy) is 2. The topological polar surface area (TPSA) is 89.6 Å². The molecular weight excluding hydrogens is 652 g/mol. The van der Waals surface area contributed by atoms with Crippen molar-refractivity contribution in [2.24, 2.45) is 11.8 Å². The van der Waals surface area contributed by atoms with Crippen molar-refractivity contribution >= 4 is 34.8 Å². The second kappa shape index (κ2) is 18.5. The van der Waals surface area contributed by atoms with Gasteiger partial charge in [-0.15, -0.1) is 0 Å². The number of hydrogen-bond donors (Lipinski definition) is 2. The van der Waals surface area contributed by atoms with Crippen LogP contribution in [0.1, 0.15) is 89.9 Å². The van der Waals surface area contributed by atoms with E-state index in [0.717, 1.165) is 128 Å². The molecule has 2 N–H and O–H groups in total. The quantitative estimate of drug-likeness (QED) is 0.258. The average molecular weight is 715 g/mol. The first kappa shape index (κ1) is 36.8. The van der Waals surface area contributed by atoms with E-state index in [1.165, 1.54) is 49.9 Å². The van der Waals surface area contributed by atoms with Crippen molar-refractivity contribution in [3.63, 3.8) is 0 Å². The molecule has 0 radical (unpaired) electrons. The first-order valence-electron chi connectivity index (χ1n) is 20.6. The van der Waals surface area contributed by atoms with E-state index in [2.05, 4.69) is 54.5 Å². The van der Waals surface area contributed by atoms with Crippen LogP contribution in [0.15, 0.2) is 48.5 Å². The summed E-state index contributed by atoms with van der Waals surface area (Å²) < 4.78 is 11.0. The number of urea groups is 2. The van der Waals surface area contributed by atoms with Crippen molar-refractivity contribution in [3.8, 4) is 0 Å². The van der Waals surface area contributed by atoms with E-state index < -0.39 is 0 Å². The monoisotopic (exact) mass is 714 g/mol. The number of carbonyl (C=O) groups is 2. The van der Waals surface area contributed by atoms with Gasteiger partial charge in [0, 0.05) is 74.1 Å². The molecule has 0 bridgehead atoms. The number of anilines is 4. The van der Waals surface area contributed by atoms with Gasteiger partial charge in [-0.25, -0.2) is 9.59 Å². The highest BCUT2D eigenvalue weighted by Gasteiger charge is 2.33. The lowest BCUT2D eigenvalue weighted by molar-refractivity contribution is 0.117. The summed E-state index contributed by atoms with van der Waals surface area (Å²) in [7, 11) is 0. The van der Waals surface area contributed by atoms with Crippen molar-refractivity contribution in [1.82, 2.24) is 9.80 Å². The van der Waals surface area contributed by atoms with Crippen molar-refractivity contribution in [1.29, 1.82) is 0 Å². The van der Waals surface area contributed by atoms with Gasteiger partial charge in [0.2, 0.25) is 0 Å². The molecule has 0 unspecified atom stereocenters. The highest BCUT2D eigenvalue weighted by atomic mass is 16.5. The first-order valence-corrected chi connectivity index (χ1v) is 20.6. The maximum atomic E-state index is 13.9. The predicted molar refractivity (Wildman–Crippen MR) is 210 cm³/mol. The van der Waals surface area contributed by atoms with Crippen molar-refractivity contribution in [2.75, 3.05) is 86.1 Å². The number of amides is 4. The number of morpholine rings is 2. The fraction of sp³-hybridized carbons (Fsp3) is 0.667. The molecule has 3 aliphatic carbocycles. The Morgan fingerprint density at radius 1 is 0.519 bits per heavy atom. The molecule has 2 aliphatic heterocycles. The van der Waals surface area contributed by atoms with Crippen molar-refractivity contribution in [3.05, 3.63) is 48.5 Å². The molecule has 2 heterocycles. The SMILES string of the molecule is O=C(Nc1ccc(N2CCOCC2)cc1)N(C[C@H]1CC[C@H](CN(C(=O)Nc2ccc(N3CCOCC3)cc2)C2CCCCC2)CC1)C1CCCCC1. The molecule has 2 aromatic carbocycles. The molecule has 2 saturated heterocycles. The normalized spacial score (nSPS) is 23.5. The molecule has 10 heteroatoms. The molecule has 0 spiro atoms. The zero-order valence-electron chi connectivity index (χ0n) is 31.3. The fourth-order valence-corrected chi connectivity index (χ4v) is 9.28. The summed E-state index contributed by atoms with van der Waals surface area (Å²) in [5, 5.41) is 6.54. The number of benzene rings is 2. The summed E-state index contributed by atoms with van der Waals surface area (Å²) in [4.78, 5) is 36.9. The van der Waals surface area contributed by atoms with Crippen LogP contribution in [0.2, 0.25) is 0 Å². The summed E-state index contributed by atoms with van der Waals surface area (Å²) in [5.41, 5.74) is 4.08. The van der Waals surface area contributed by atoms with Crippen molar-refractivity contribution < 1.29 is 19.1 Å². The summed E-state index contributed by atoms with van der Waals surface area (Å²) >= 11 is 0. The number of rotatable bonds is 10. The molecule has 284 valence electrons. The van der Waals surface area contributed by atoms with Gasteiger partial charge in [0.1, 0.15) is 0 Å². The highest BCUT2D eigenvalue weighted by molar-refractivity contribution is 5.90. The Bertz CT molecular complexity index is 1280. The molecule has 3 saturated carbocycles. The van der Waals surface area contributed by atoms with E-state index in [1.54, 1.807) is 0 Å². The number of nitrogens with zero attached hydrogens (tertiary/aromatic N) is 4. The summed E-state index contributed by atoms with van der Waals surface area (Å²) in [6.07, 6.45) is 16.2. The molecule has 5 fully saturated rings. The maximum absolute atomic E-state index is 13.9. The van der Waals surface area contributed by atoms with Gasteiger partial charge in [-0.1, -0.05) is 38.5 Å². The lowest BCUT2D eigenvalue weighted by Crippen LogP contribution is -2.48. The molecule has 10 nitrogen and oxygen atoms in total. The lowest BCUT2D eigenvalue weighted by Gasteiger charge is -2.40. The standard InChI is InChI=1S/C42H62N6O4/c49-41(43-35-15-19-37(20-16-35)45-23-27-51-28-24-45)47(39-7-3-1-4-8-39)31-33-11-13-34(14-12-33)32-48(40-9-5-2-6-10-40)42(50)44-36-17-21-38(22-18-36)46-25-29-52-30-26-46/h15-22,33-34,39-40H,1-14,23-32H2,(H,43,49)(H,44,50)/t33-,34-. The second-order valence-electron chi connectivity index (χ2n) is 15.9. The minimum Gasteiger partial charge on any atom is -0.378 e. The van der Waals surface area contributed by atoms with Crippen LogP contribution in [-0.4, -0.2) is 99.6 Å². The third kappa shape index (κ3) is 9.92. The molecule has 4 amide bonds.